The quantitative estimate of drug-likeness (QED) is 0.317. The van der Waals surface area contributed by atoms with E-state index in [4.69, 9.17) is 0 Å². The first-order chi connectivity index (χ1) is 19.1. The molecule has 5 rings (SSSR count). The van der Waals surface area contributed by atoms with Crippen molar-refractivity contribution in [1.29, 1.82) is 0 Å². The number of amides is 1. The van der Waals surface area contributed by atoms with Gasteiger partial charge in [0.05, 0.1) is 5.52 Å². The number of hydrogen-bond acceptors (Lipinski definition) is 5. The molecule has 2 atom stereocenters. The van der Waals surface area contributed by atoms with Crippen LogP contribution in [0.4, 0.5) is 18.9 Å². The normalized spacial score (nSPS) is 17.1. The molecule has 1 saturated heterocycles. The molecule has 1 aromatic heterocycles. The maximum Gasteiger partial charge on any atom is 0.264 e. The number of benzene rings is 3. The number of carbonyl (C=O) groups excluding carboxylic acids is 1. The summed E-state index contributed by atoms with van der Waals surface area (Å²) in [5, 5.41) is 0.699. The van der Waals surface area contributed by atoms with Gasteiger partial charge in [0.25, 0.3) is 15.9 Å². The lowest BCUT2D eigenvalue weighted by atomic mass is 10.0. The van der Waals surface area contributed by atoms with Crippen molar-refractivity contribution in [2.24, 2.45) is 0 Å². The van der Waals surface area contributed by atoms with E-state index in [1.807, 2.05) is 11.8 Å². The second-order valence-corrected chi connectivity index (χ2v) is 11.4. The fourth-order valence-electron chi connectivity index (χ4n) is 5.05. The predicted molar refractivity (Wildman–Crippen MR) is 146 cm³/mol. The molecule has 11 heteroatoms. The van der Waals surface area contributed by atoms with Gasteiger partial charge in [0, 0.05) is 60.1 Å². The molecule has 4 aromatic rings. The minimum atomic E-state index is -3.93. The number of para-hydroxylation sites is 1. The maximum absolute atomic E-state index is 14.3. The lowest BCUT2D eigenvalue weighted by Crippen LogP contribution is -2.54. The van der Waals surface area contributed by atoms with Gasteiger partial charge in [0.15, 0.2) is 17.5 Å². The molecule has 1 unspecified atom stereocenters. The fourth-order valence-corrected chi connectivity index (χ4v) is 6.29. The van der Waals surface area contributed by atoms with E-state index in [1.165, 1.54) is 30.5 Å². The molecular formula is C29H27F3N4O3S. The van der Waals surface area contributed by atoms with Crippen molar-refractivity contribution < 1.29 is 26.4 Å². The number of rotatable bonds is 6. The number of sulfonamides is 1. The summed E-state index contributed by atoms with van der Waals surface area (Å²) in [6, 6.07) is 16.0. The molecule has 0 radical (unpaired) electrons. The summed E-state index contributed by atoms with van der Waals surface area (Å²) in [4.78, 5) is 21.1. The van der Waals surface area contributed by atoms with Crippen LogP contribution in [-0.2, 0) is 10.0 Å². The van der Waals surface area contributed by atoms with Crippen LogP contribution in [0.1, 0.15) is 35.8 Å². The number of piperazine rings is 1. The van der Waals surface area contributed by atoms with Gasteiger partial charge < -0.3 is 4.90 Å². The van der Waals surface area contributed by atoms with Crippen LogP contribution < -0.4 is 4.72 Å². The highest BCUT2D eigenvalue weighted by Gasteiger charge is 2.32. The van der Waals surface area contributed by atoms with Crippen LogP contribution in [0.25, 0.3) is 10.9 Å². The zero-order valence-electron chi connectivity index (χ0n) is 21.8. The van der Waals surface area contributed by atoms with Crippen molar-refractivity contribution in [2.75, 3.05) is 24.4 Å². The zero-order valence-corrected chi connectivity index (χ0v) is 22.6. The van der Waals surface area contributed by atoms with Crippen molar-refractivity contribution >= 4 is 32.5 Å². The number of nitrogens with zero attached hydrogens (tertiary/aromatic N) is 3. The third-order valence-corrected chi connectivity index (χ3v) is 8.66. The number of aromatic nitrogens is 1. The van der Waals surface area contributed by atoms with Crippen molar-refractivity contribution in [2.45, 2.75) is 30.8 Å². The number of carbonyl (C=O) groups is 1. The minimum Gasteiger partial charge on any atom is -0.333 e. The lowest BCUT2D eigenvalue weighted by molar-refractivity contribution is 0.0401. The molecule has 1 aliphatic heterocycles. The first-order valence-electron chi connectivity index (χ1n) is 12.7. The Morgan fingerprint density at radius 2 is 1.70 bits per heavy atom. The molecule has 1 fully saturated rings. The highest BCUT2D eigenvalue weighted by molar-refractivity contribution is 7.93. The maximum atomic E-state index is 14.3. The molecule has 1 amide bonds. The van der Waals surface area contributed by atoms with E-state index in [0.29, 0.717) is 41.8 Å². The molecule has 0 aliphatic carbocycles. The fraction of sp³-hybridized carbons (Fsp3) is 0.241. The average Bonchev–Trinajstić information content (AvgIpc) is 2.95. The lowest BCUT2D eigenvalue weighted by Gasteiger charge is -2.42. The molecule has 7 nitrogen and oxygen atoms in total. The second-order valence-electron chi connectivity index (χ2n) is 9.80. The monoisotopic (exact) mass is 568 g/mol. The third kappa shape index (κ3) is 5.26. The summed E-state index contributed by atoms with van der Waals surface area (Å²) >= 11 is 0. The van der Waals surface area contributed by atoms with Crippen LogP contribution in [0, 0.1) is 17.5 Å². The Bertz CT molecular complexity index is 1680. The van der Waals surface area contributed by atoms with Gasteiger partial charge in [-0.15, -0.1) is 0 Å². The van der Waals surface area contributed by atoms with Gasteiger partial charge in [-0.25, -0.2) is 21.6 Å². The van der Waals surface area contributed by atoms with Crippen molar-refractivity contribution in [3.05, 3.63) is 102 Å². The van der Waals surface area contributed by atoms with Crippen molar-refractivity contribution in [1.82, 2.24) is 14.8 Å². The molecular weight excluding hydrogens is 541 g/mol. The van der Waals surface area contributed by atoms with Gasteiger partial charge in [-0.1, -0.05) is 24.3 Å². The van der Waals surface area contributed by atoms with E-state index < -0.39 is 33.5 Å². The number of nitrogens with one attached hydrogen (secondary N) is 1. The standard InChI is InChI=1S/C29H27F3N4O3S/c1-18-17-35(19(2)23-12-13-24(30)27(32)26(23)31)15-16-36(18)29(37)21-8-10-22(11-9-21)34-40(38,39)25-7-3-5-20-6-4-14-33-28(20)25/h3-14,18-19,34H,15-17H2,1-2H3/t18-,19?/m0/s1. The molecule has 1 N–H and O–H groups in total. The van der Waals surface area contributed by atoms with Crippen LogP contribution in [0.2, 0.25) is 0 Å². The first-order valence-corrected chi connectivity index (χ1v) is 14.2. The van der Waals surface area contributed by atoms with Gasteiger partial charge in [-0.3, -0.25) is 19.4 Å². The van der Waals surface area contributed by atoms with E-state index in [0.717, 1.165) is 6.07 Å². The number of hydrogen-bond donors (Lipinski definition) is 1. The van der Waals surface area contributed by atoms with Crippen LogP contribution in [-0.4, -0.2) is 54.8 Å². The van der Waals surface area contributed by atoms with E-state index in [1.54, 1.807) is 48.2 Å². The van der Waals surface area contributed by atoms with E-state index in [-0.39, 0.29) is 22.4 Å². The minimum absolute atomic E-state index is 0.0509. The summed E-state index contributed by atoms with van der Waals surface area (Å²) in [6.07, 6.45) is 1.53. The van der Waals surface area contributed by atoms with E-state index >= 15 is 0 Å². The van der Waals surface area contributed by atoms with Crippen molar-refractivity contribution in [3.8, 4) is 0 Å². The van der Waals surface area contributed by atoms with Gasteiger partial charge in [0.2, 0.25) is 0 Å². The van der Waals surface area contributed by atoms with Gasteiger partial charge in [-0.2, -0.15) is 0 Å². The average molecular weight is 569 g/mol. The molecule has 0 bridgehead atoms. The number of anilines is 1. The van der Waals surface area contributed by atoms with Gasteiger partial charge >= 0.3 is 0 Å². The zero-order chi connectivity index (χ0) is 28.6. The highest BCUT2D eigenvalue weighted by atomic mass is 32.2. The summed E-state index contributed by atoms with van der Waals surface area (Å²) in [6.45, 7) is 4.74. The van der Waals surface area contributed by atoms with Crippen LogP contribution in [0.15, 0.2) is 77.8 Å². The molecule has 2 heterocycles. The summed E-state index contributed by atoms with van der Waals surface area (Å²) in [5.41, 5.74) is 1.10. The summed E-state index contributed by atoms with van der Waals surface area (Å²) < 4.78 is 70.2. The Morgan fingerprint density at radius 1 is 0.975 bits per heavy atom. The molecule has 0 saturated carbocycles. The molecule has 3 aromatic carbocycles. The second kappa shape index (κ2) is 10.9. The SMILES string of the molecule is CC(c1ccc(F)c(F)c1F)N1CCN(C(=O)c2ccc(NS(=O)(=O)c3cccc4cccnc34)cc2)[C@@H](C)C1. The van der Waals surface area contributed by atoms with Crippen LogP contribution >= 0.6 is 0 Å². The van der Waals surface area contributed by atoms with Crippen LogP contribution in [0.3, 0.4) is 0 Å². The van der Waals surface area contributed by atoms with E-state index in [2.05, 4.69) is 9.71 Å². The number of halogens is 3. The Labute approximate surface area is 230 Å². The molecule has 1 aliphatic rings. The summed E-state index contributed by atoms with van der Waals surface area (Å²) in [5.74, 6) is -4.16. The number of fused-ring (bicyclic) bond motifs is 1. The Hall–Kier alpha value is -3.96. The van der Waals surface area contributed by atoms with Crippen LogP contribution in [0.5, 0.6) is 0 Å². The Morgan fingerprint density at radius 3 is 2.42 bits per heavy atom. The molecule has 40 heavy (non-hydrogen) atoms. The Balaban J connectivity index is 1.26. The van der Waals surface area contributed by atoms with E-state index in [9.17, 15) is 26.4 Å². The number of pyridine rings is 1. The first kappa shape index (κ1) is 27.6. The smallest absolute Gasteiger partial charge is 0.264 e. The predicted octanol–water partition coefficient (Wildman–Crippen LogP) is 5.36. The largest absolute Gasteiger partial charge is 0.333 e. The highest BCUT2D eigenvalue weighted by Crippen LogP contribution is 2.29. The van der Waals surface area contributed by atoms with Gasteiger partial charge in [-0.05, 0) is 56.3 Å². The molecule has 0 spiro atoms. The molecule has 208 valence electrons. The van der Waals surface area contributed by atoms with Gasteiger partial charge in [0.1, 0.15) is 4.90 Å². The van der Waals surface area contributed by atoms with Crippen molar-refractivity contribution in [3.63, 3.8) is 0 Å². The third-order valence-electron chi connectivity index (χ3n) is 7.25. The summed E-state index contributed by atoms with van der Waals surface area (Å²) in [7, 11) is -3.93. The topological polar surface area (TPSA) is 82.6 Å². The Kier molecular flexibility index (Phi) is 7.52.